The molecule has 0 radical (unpaired) electrons. The van der Waals surface area contributed by atoms with Crippen LogP contribution in [0.2, 0.25) is 10.0 Å². The Kier molecular flexibility index (Phi) is 6.96. The van der Waals surface area contributed by atoms with Crippen molar-refractivity contribution in [3.8, 4) is 0 Å². The van der Waals surface area contributed by atoms with Crippen molar-refractivity contribution in [3.05, 3.63) is 33.5 Å². The summed E-state index contributed by atoms with van der Waals surface area (Å²) in [4.78, 5) is 14.4. The number of carbonyl (C=O) groups is 1. The highest BCUT2D eigenvalue weighted by Crippen LogP contribution is 2.37. The van der Waals surface area contributed by atoms with Gasteiger partial charge in [0.15, 0.2) is 0 Å². The summed E-state index contributed by atoms with van der Waals surface area (Å²) in [5.74, 6) is -5.77. The Balaban J connectivity index is 3.58. The molecule has 26 heavy (non-hydrogen) atoms. The Labute approximate surface area is 154 Å². The predicted molar refractivity (Wildman–Crippen MR) is 81.6 cm³/mol. The molecule has 0 saturated carbocycles. The van der Waals surface area contributed by atoms with Gasteiger partial charge in [-0.3, -0.25) is 9.79 Å². The maximum absolute atomic E-state index is 12.5. The average molecular weight is 441 g/mol. The number of carbonyl (C=O) groups excluding carboxylic acids is 1. The van der Waals surface area contributed by atoms with Crippen LogP contribution in [-0.4, -0.2) is 33.7 Å². The smallest absolute Gasteiger partial charge is 0.455 e. The number of nitrogens with zero attached hydrogens (tertiary/aromatic N) is 2. The van der Waals surface area contributed by atoms with Crippen LogP contribution >= 0.6 is 23.2 Å². The van der Waals surface area contributed by atoms with Gasteiger partial charge in [0, 0.05) is 6.21 Å². The minimum atomic E-state index is -5.71. The van der Waals surface area contributed by atoms with Crippen LogP contribution in [0.25, 0.3) is 0 Å². The fourth-order valence-electron chi connectivity index (χ4n) is 1.41. The van der Waals surface area contributed by atoms with Gasteiger partial charge in [0.1, 0.15) is 5.69 Å². The molecule has 0 spiro atoms. The molecular formula is C12H4Cl2F6N2O3S. The van der Waals surface area contributed by atoms with Crippen molar-refractivity contribution in [1.29, 1.82) is 0 Å². The van der Waals surface area contributed by atoms with Gasteiger partial charge in [-0.05, 0) is 12.1 Å². The third-order valence-corrected chi connectivity index (χ3v) is 3.50. The molecule has 1 aromatic rings. The highest BCUT2D eigenvalue weighted by molar-refractivity contribution is 7.54. The van der Waals surface area contributed by atoms with E-state index in [0.29, 0.717) is 0 Å². The summed E-state index contributed by atoms with van der Waals surface area (Å²) in [6.07, 6.45) is -11.5. The van der Waals surface area contributed by atoms with Gasteiger partial charge in [-0.15, -0.1) is 0 Å². The van der Waals surface area contributed by atoms with Crippen molar-refractivity contribution >= 4 is 58.0 Å². The summed E-state index contributed by atoms with van der Waals surface area (Å²) in [5, 5.41) is 8.61. The molecule has 14 heteroatoms. The van der Waals surface area contributed by atoms with E-state index in [4.69, 9.17) is 28.3 Å². The molecule has 0 unspecified atom stereocenters. The molecule has 1 N–H and O–H groups in total. The maximum Gasteiger partial charge on any atom is 0.455 e. The van der Waals surface area contributed by atoms with Gasteiger partial charge in [-0.1, -0.05) is 23.2 Å². The van der Waals surface area contributed by atoms with Crippen molar-refractivity contribution < 1.29 is 40.5 Å². The number of aliphatic hydroxyl groups excluding tert-OH is 1. The molecule has 1 rings (SSSR count). The first-order valence-corrected chi connectivity index (χ1v) is 7.39. The van der Waals surface area contributed by atoms with Gasteiger partial charge >= 0.3 is 12.4 Å². The second kappa shape index (κ2) is 8.18. The summed E-state index contributed by atoms with van der Waals surface area (Å²) in [6.45, 7) is 0. The van der Waals surface area contributed by atoms with Crippen LogP contribution in [-0.2, 0) is 16.3 Å². The zero-order chi connectivity index (χ0) is 20.3. The summed E-state index contributed by atoms with van der Waals surface area (Å²) in [5.41, 5.74) is -2.96. The number of alkyl halides is 6. The molecule has 0 heterocycles. The van der Waals surface area contributed by atoms with E-state index in [1.807, 2.05) is 0 Å². The van der Waals surface area contributed by atoms with Crippen molar-refractivity contribution in [3.63, 3.8) is 0 Å². The highest BCUT2D eigenvalue weighted by atomic mass is 35.5. The van der Waals surface area contributed by atoms with Gasteiger partial charge in [0.05, 0.1) is 21.3 Å². The fourth-order valence-corrected chi connectivity index (χ4v) is 1.95. The number of hydrogen-bond donors (Lipinski definition) is 1. The van der Waals surface area contributed by atoms with Crippen LogP contribution < -0.4 is 0 Å². The molecular weight excluding hydrogens is 437 g/mol. The van der Waals surface area contributed by atoms with Crippen LogP contribution in [0.15, 0.2) is 32.8 Å². The number of aliphatic hydroxyl groups is 1. The lowest BCUT2D eigenvalue weighted by Gasteiger charge is -2.11. The van der Waals surface area contributed by atoms with E-state index in [1.54, 1.807) is 0 Å². The van der Waals surface area contributed by atoms with Crippen molar-refractivity contribution in [1.82, 2.24) is 0 Å². The largest absolute Gasteiger partial charge is 0.504 e. The molecule has 142 valence electrons. The molecule has 0 aliphatic rings. The quantitative estimate of drug-likeness (QED) is 0.301. The zero-order valence-electron chi connectivity index (χ0n) is 11.8. The third kappa shape index (κ3) is 5.54. The van der Waals surface area contributed by atoms with E-state index in [-0.39, 0.29) is 33.4 Å². The lowest BCUT2D eigenvalue weighted by atomic mass is 10.1. The maximum atomic E-state index is 12.5. The van der Waals surface area contributed by atoms with Crippen LogP contribution in [0.1, 0.15) is 0 Å². The van der Waals surface area contributed by atoms with Gasteiger partial charge < -0.3 is 5.11 Å². The van der Waals surface area contributed by atoms with E-state index in [9.17, 15) is 35.3 Å². The first-order valence-electron chi connectivity index (χ1n) is 5.94. The molecule has 0 bridgehead atoms. The number of halogens is 8. The van der Waals surface area contributed by atoms with Crippen molar-refractivity contribution in [2.45, 2.75) is 12.4 Å². The normalized spacial score (nSPS) is 13.5. The minimum Gasteiger partial charge on any atom is -0.504 e. The Bertz CT molecular complexity index is 845. The lowest BCUT2D eigenvalue weighted by molar-refractivity contribution is -0.167. The highest BCUT2D eigenvalue weighted by Gasteiger charge is 2.46. The molecule has 5 nitrogen and oxygen atoms in total. The van der Waals surface area contributed by atoms with Crippen LogP contribution in [0.3, 0.4) is 0 Å². The summed E-state index contributed by atoms with van der Waals surface area (Å²) < 4.78 is 88.7. The number of aliphatic imine (C=N–C) groups is 1. The first kappa shape index (κ1) is 22.1. The molecule has 0 saturated heterocycles. The number of allylic oxidation sites excluding steroid dienone is 2. The summed E-state index contributed by atoms with van der Waals surface area (Å²) in [6, 6.07) is 1.86. The van der Waals surface area contributed by atoms with Gasteiger partial charge in [0.2, 0.25) is 17.2 Å². The topological polar surface area (TPSA) is 79.1 Å². The molecule has 0 amide bonds. The third-order valence-electron chi connectivity index (χ3n) is 2.51. The number of Topliss-reactive ketones (excluding diaryl/α,β-unsaturated/α-hetero) is 1. The average Bonchev–Trinajstić information content (AvgIpc) is 2.49. The summed E-state index contributed by atoms with van der Waals surface area (Å²) in [7, 11) is 0. The first-order chi connectivity index (χ1) is 11.8. The number of rotatable bonds is 4. The molecule has 0 aliphatic heterocycles. The van der Waals surface area contributed by atoms with E-state index in [0.717, 1.165) is 12.1 Å². The molecule has 0 aliphatic carbocycles. The van der Waals surface area contributed by atoms with E-state index in [2.05, 4.69) is 9.36 Å². The van der Waals surface area contributed by atoms with Gasteiger partial charge in [-0.2, -0.15) is 34.9 Å². The lowest BCUT2D eigenvalue weighted by Crippen LogP contribution is -2.29. The predicted octanol–water partition coefficient (Wildman–Crippen LogP) is 5.23. The SMILES string of the molecule is O=S=Nc1cc(Cl)c(Cl)cc1N=C/C(C(=O)C(F)(F)F)=C(/O)C(F)(F)F. The molecule has 0 aromatic heterocycles. The van der Waals surface area contributed by atoms with Crippen LogP contribution in [0.4, 0.5) is 37.7 Å². The minimum absolute atomic E-state index is 0.126. The van der Waals surface area contributed by atoms with Crippen molar-refractivity contribution in [2.75, 3.05) is 0 Å². The van der Waals surface area contributed by atoms with Gasteiger partial charge in [0.25, 0.3) is 5.78 Å². The molecule has 1 aromatic carbocycles. The Morgan fingerprint density at radius 1 is 1.04 bits per heavy atom. The Morgan fingerprint density at radius 2 is 1.54 bits per heavy atom. The monoisotopic (exact) mass is 440 g/mol. The standard InChI is InChI=1S/C12H4Cl2F6N2O3S/c13-5-1-7(8(22-26-25)2-6(5)14)21-3-4(9(23)11(15,16)17)10(24)12(18,19)20/h1-3,23H/b9-4-,21-3?. The zero-order valence-corrected chi connectivity index (χ0v) is 14.2. The second-order valence-electron chi connectivity index (χ2n) is 4.27. The number of ketones is 1. The Hall–Kier alpha value is -1.92. The summed E-state index contributed by atoms with van der Waals surface area (Å²) >= 11 is 10.9. The van der Waals surface area contributed by atoms with E-state index >= 15 is 0 Å². The van der Waals surface area contributed by atoms with Crippen LogP contribution in [0.5, 0.6) is 0 Å². The second-order valence-corrected chi connectivity index (χ2v) is 5.41. The van der Waals surface area contributed by atoms with Crippen molar-refractivity contribution in [2.24, 2.45) is 9.36 Å². The molecule has 0 atom stereocenters. The fraction of sp³-hybridized carbons (Fsp3) is 0.167. The van der Waals surface area contributed by atoms with E-state index < -0.39 is 35.2 Å². The number of benzene rings is 1. The Morgan fingerprint density at radius 3 is 1.96 bits per heavy atom. The van der Waals surface area contributed by atoms with E-state index in [1.165, 1.54) is 0 Å². The van der Waals surface area contributed by atoms with Crippen LogP contribution in [0, 0.1) is 0 Å². The number of hydrogen-bond acceptors (Lipinski definition) is 5. The molecule has 0 fully saturated rings. The van der Waals surface area contributed by atoms with Gasteiger partial charge in [-0.25, -0.2) is 0 Å².